The third-order valence-electron chi connectivity index (χ3n) is 6.10. The first kappa shape index (κ1) is 31.0. The van der Waals surface area contributed by atoms with Gasteiger partial charge in [-0.3, -0.25) is 0 Å². The van der Waals surface area contributed by atoms with Gasteiger partial charge in [0, 0.05) is 59.7 Å². The molecule has 0 unspecified atom stereocenters. The molecule has 0 aliphatic heterocycles. The standard InChI is InChI=1S/C30H20F6N2.2BrH/c31-21-13-23(33)29(24(34)14-21)27-8-1-3-10-37(27)17-19-6-5-7-20(12-19)18-38-11-4-2-9-28(38)30-25(35)15-22(32)16-26(30)36;;/h1-16H,17-18H2;2*1H/q+2;;/p-2. The largest absolute Gasteiger partial charge is 1.00 e. The third kappa shape index (κ3) is 6.62. The highest BCUT2D eigenvalue weighted by Crippen LogP contribution is 2.26. The van der Waals surface area contributed by atoms with Gasteiger partial charge in [0.15, 0.2) is 25.5 Å². The van der Waals surface area contributed by atoms with Crippen molar-refractivity contribution in [3.63, 3.8) is 0 Å². The van der Waals surface area contributed by atoms with Crippen LogP contribution in [0.25, 0.3) is 22.5 Å². The second-order valence-corrected chi connectivity index (χ2v) is 8.74. The summed E-state index contributed by atoms with van der Waals surface area (Å²) >= 11 is 0. The molecule has 0 saturated carbocycles. The Morgan fingerprint density at radius 2 is 0.825 bits per heavy atom. The van der Waals surface area contributed by atoms with E-state index in [1.54, 1.807) is 64.0 Å². The first-order valence-electron chi connectivity index (χ1n) is 11.6. The Balaban J connectivity index is 0.00000220. The summed E-state index contributed by atoms with van der Waals surface area (Å²) < 4.78 is 88.2. The maximum Gasteiger partial charge on any atom is 0.218 e. The zero-order valence-electron chi connectivity index (χ0n) is 20.6. The zero-order valence-corrected chi connectivity index (χ0v) is 23.7. The van der Waals surface area contributed by atoms with E-state index < -0.39 is 34.9 Å². The Labute approximate surface area is 247 Å². The van der Waals surface area contributed by atoms with Crippen LogP contribution in [-0.2, 0) is 13.1 Å². The molecule has 0 fully saturated rings. The van der Waals surface area contributed by atoms with Crippen LogP contribution < -0.4 is 43.1 Å². The minimum Gasteiger partial charge on any atom is -1.00 e. The van der Waals surface area contributed by atoms with E-state index in [-0.39, 0.29) is 69.6 Å². The van der Waals surface area contributed by atoms with Crippen molar-refractivity contribution >= 4 is 0 Å². The van der Waals surface area contributed by atoms with Crippen LogP contribution in [0.4, 0.5) is 26.3 Å². The van der Waals surface area contributed by atoms with E-state index in [1.807, 2.05) is 18.2 Å². The van der Waals surface area contributed by atoms with Crippen LogP contribution >= 0.6 is 0 Å². The van der Waals surface area contributed by atoms with E-state index in [1.165, 1.54) is 0 Å². The maximum absolute atomic E-state index is 14.5. The highest BCUT2D eigenvalue weighted by Gasteiger charge is 2.24. The molecule has 2 nitrogen and oxygen atoms in total. The van der Waals surface area contributed by atoms with Gasteiger partial charge >= 0.3 is 0 Å². The average Bonchev–Trinajstić information content (AvgIpc) is 2.85. The van der Waals surface area contributed by atoms with Gasteiger partial charge in [-0.05, 0) is 18.2 Å². The summed E-state index contributed by atoms with van der Waals surface area (Å²) in [6, 6.07) is 19.7. The van der Waals surface area contributed by atoms with Gasteiger partial charge in [-0.1, -0.05) is 18.2 Å². The highest BCUT2D eigenvalue weighted by atomic mass is 79.9. The lowest BCUT2D eigenvalue weighted by atomic mass is 10.1. The number of nitrogens with zero attached hydrogens (tertiary/aromatic N) is 2. The maximum atomic E-state index is 14.5. The van der Waals surface area contributed by atoms with Crippen LogP contribution in [0.1, 0.15) is 11.1 Å². The molecule has 2 aromatic heterocycles. The van der Waals surface area contributed by atoms with Gasteiger partial charge in [-0.25, -0.2) is 26.3 Å². The van der Waals surface area contributed by atoms with Gasteiger partial charge in [0.2, 0.25) is 11.4 Å². The molecule has 3 aromatic carbocycles. The molecular formula is C30H20Br2F6N2. The summed E-state index contributed by atoms with van der Waals surface area (Å²) in [5, 5.41) is 0. The van der Waals surface area contributed by atoms with Crippen molar-refractivity contribution in [2.75, 3.05) is 0 Å². The predicted octanol–water partition coefficient (Wildman–Crippen LogP) is 0.535. The Morgan fingerprint density at radius 3 is 1.20 bits per heavy atom. The zero-order chi connectivity index (χ0) is 26.8. The average molecular weight is 682 g/mol. The Hall–Kier alpha value is -3.50. The fourth-order valence-electron chi connectivity index (χ4n) is 4.48. The fourth-order valence-corrected chi connectivity index (χ4v) is 4.48. The van der Waals surface area contributed by atoms with E-state index in [0.29, 0.717) is 24.3 Å². The van der Waals surface area contributed by atoms with Gasteiger partial charge < -0.3 is 34.0 Å². The van der Waals surface area contributed by atoms with E-state index in [4.69, 9.17) is 0 Å². The molecule has 0 saturated heterocycles. The number of halogens is 8. The predicted molar refractivity (Wildman–Crippen MR) is 129 cm³/mol. The van der Waals surface area contributed by atoms with Crippen LogP contribution in [-0.4, -0.2) is 0 Å². The number of pyridine rings is 2. The number of hydrogen-bond acceptors (Lipinski definition) is 0. The molecule has 0 aliphatic carbocycles. The lowest BCUT2D eigenvalue weighted by Gasteiger charge is -2.09. The van der Waals surface area contributed by atoms with Crippen molar-refractivity contribution < 1.29 is 69.4 Å². The monoisotopic (exact) mass is 680 g/mol. The molecule has 0 atom stereocenters. The summed E-state index contributed by atoms with van der Waals surface area (Å²) in [6.07, 6.45) is 3.32. The van der Waals surface area contributed by atoms with E-state index in [9.17, 15) is 26.3 Å². The van der Waals surface area contributed by atoms with Gasteiger partial charge in [0.25, 0.3) is 0 Å². The minimum absolute atomic E-state index is 0. The quantitative estimate of drug-likeness (QED) is 0.183. The molecule has 10 heteroatoms. The molecule has 40 heavy (non-hydrogen) atoms. The van der Waals surface area contributed by atoms with Crippen molar-refractivity contribution in [2.45, 2.75) is 13.1 Å². The second kappa shape index (κ2) is 13.2. The number of benzene rings is 3. The van der Waals surface area contributed by atoms with Gasteiger partial charge in [0.05, 0.1) is 0 Å². The minimum atomic E-state index is -1.01. The molecule has 206 valence electrons. The molecule has 5 rings (SSSR count). The highest BCUT2D eigenvalue weighted by molar-refractivity contribution is 5.58. The van der Waals surface area contributed by atoms with Crippen LogP contribution in [0.2, 0.25) is 0 Å². The van der Waals surface area contributed by atoms with Gasteiger partial charge in [-0.15, -0.1) is 0 Å². The molecule has 0 bridgehead atoms. The summed E-state index contributed by atoms with van der Waals surface area (Å²) in [7, 11) is 0. The molecule has 0 spiro atoms. The third-order valence-corrected chi connectivity index (χ3v) is 6.10. The molecule has 0 N–H and O–H groups in total. The van der Waals surface area contributed by atoms with Gasteiger partial charge in [0.1, 0.15) is 46.0 Å². The smallest absolute Gasteiger partial charge is 0.218 e. The van der Waals surface area contributed by atoms with Crippen LogP contribution in [0, 0.1) is 34.9 Å². The molecule has 0 aliphatic rings. The summed E-state index contributed by atoms with van der Waals surface area (Å²) in [4.78, 5) is 0. The molecule has 2 heterocycles. The van der Waals surface area contributed by atoms with E-state index >= 15 is 0 Å². The molecule has 5 aromatic rings. The summed E-state index contributed by atoms with van der Waals surface area (Å²) in [6.45, 7) is 0.488. The van der Waals surface area contributed by atoms with Crippen LogP contribution in [0.5, 0.6) is 0 Å². The van der Waals surface area contributed by atoms with Gasteiger partial charge in [-0.2, -0.15) is 9.13 Å². The SMILES string of the molecule is Fc1cc(F)c(-c2cccc[n+]2Cc2cccc(C[n+]3ccccc3-c3c(F)cc(F)cc3F)c2)c(F)c1.[Br-].[Br-]. The first-order chi connectivity index (χ1) is 18.3. The van der Waals surface area contributed by atoms with Crippen molar-refractivity contribution in [3.8, 4) is 22.5 Å². The van der Waals surface area contributed by atoms with Crippen LogP contribution in [0.15, 0.2) is 97.3 Å². The second-order valence-electron chi connectivity index (χ2n) is 8.74. The van der Waals surface area contributed by atoms with Crippen molar-refractivity contribution in [2.24, 2.45) is 0 Å². The lowest BCUT2D eigenvalue weighted by molar-refractivity contribution is -0.678. The Kier molecular flexibility index (Phi) is 10.3. The lowest BCUT2D eigenvalue weighted by Crippen LogP contribution is -3.00. The Morgan fingerprint density at radius 1 is 0.450 bits per heavy atom. The van der Waals surface area contributed by atoms with Crippen molar-refractivity contribution in [3.05, 3.63) is 143 Å². The number of rotatable bonds is 6. The summed E-state index contributed by atoms with van der Waals surface area (Å²) in [5.41, 5.74) is 1.37. The van der Waals surface area contributed by atoms with Crippen molar-refractivity contribution in [1.29, 1.82) is 0 Å². The molecule has 0 amide bonds. The number of hydrogen-bond donors (Lipinski definition) is 0. The number of aromatic nitrogens is 2. The topological polar surface area (TPSA) is 7.76 Å². The van der Waals surface area contributed by atoms with E-state index in [2.05, 4.69) is 0 Å². The molecular weight excluding hydrogens is 662 g/mol. The molecule has 0 radical (unpaired) electrons. The first-order valence-corrected chi connectivity index (χ1v) is 11.6. The summed E-state index contributed by atoms with van der Waals surface area (Å²) in [5.74, 6) is -6.04. The Bertz CT molecular complexity index is 1500. The fraction of sp³-hybridized carbons (Fsp3) is 0.0667. The normalized spacial score (nSPS) is 10.6. The van der Waals surface area contributed by atoms with E-state index in [0.717, 1.165) is 11.1 Å². The van der Waals surface area contributed by atoms with Crippen molar-refractivity contribution in [1.82, 2.24) is 0 Å². The van der Waals surface area contributed by atoms with Crippen LogP contribution in [0.3, 0.4) is 0 Å².